The van der Waals surface area contributed by atoms with Crippen molar-refractivity contribution in [2.75, 3.05) is 0 Å². The molecule has 2 aromatic heterocycles. The average Bonchev–Trinajstić information content (AvgIpc) is 3.16. The number of alkyl halides is 3. The number of aromatic hydroxyl groups is 1. The Labute approximate surface area is 171 Å². The largest absolute Gasteiger partial charge is 0.573 e. The highest BCUT2D eigenvalue weighted by Gasteiger charge is 2.31. The quantitative estimate of drug-likeness (QED) is 0.425. The minimum Gasteiger partial charge on any atom is -0.508 e. The van der Waals surface area contributed by atoms with Gasteiger partial charge in [0.15, 0.2) is 0 Å². The van der Waals surface area contributed by atoms with Gasteiger partial charge in [-0.3, -0.25) is 0 Å². The van der Waals surface area contributed by atoms with Gasteiger partial charge in [0.2, 0.25) is 0 Å². The van der Waals surface area contributed by atoms with Crippen LogP contribution in [0.4, 0.5) is 13.2 Å². The number of phenolic OH excluding ortho intramolecular Hbond substituents is 1. The number of phenols is 1. The van der Waals surface area contributed by atoms with Crippen molar-refractivity contribution in [3.63, 3.8) is 0 Å². The number of hydrogen-bond acceptors (Lipinski definition) is 4. The van der Waals surface area contributed by atoms with E-state index in [-0.39, 0.29) is 21.3 Å². The molecule has 0 bridgehead atoms. The summed E-state index contributed by atoms with van der Waals surface area (Å²) in [5.41, 5.74) is 1.43. The van der Waals surface area contributed by atoms with Crippen molar-refractivity contribution in [3.8, 4) is 28.4 Å². The highest BCUT2D eigenvalue weighted by molar-refractivity contribution is 6.45. The number of aromatic nitrogens is 3. The standard InChI is InChI=1S/C19H10Cl2F3N3O2/c20-14-2-1-13-16(27-4-3-25-9-27)8-15(26-18(13)17(14)21)10-5-11(28)7-12(6-10)29-19(22,23)24/h1-9,28H. The van der Waals surface area contributed by atoms with Crippen LogP contribution in [-0.2, 0) is 0 Å². The Balaban J connectivity index is 1.96. The fourth-order valence-electron chi connectivity index (χ4n) is 2.90. The summed E-state index contributed by atoms with van der Waals surface area (Å²) in [6, 6.07) is 8.25. The lowest BCUT2D eigenvalue weighted by atomic mass is 10.1. The maximum atomic E-state index is 12.6. The Hall–Kier alpha value is -2.97. The maximum Gasteiger partial charge on any atom is 0.573 e. The third kappa shape index (κ3) is 3.94. The van der Waals surface area contributed by atoms with Gasteiger partial charge in [-0.15, -0.1) is 13.2 Å². The fourth-order valence-corrected chi connectivity index (χ4v) is 3.26. The zero-order valence-corrected chi connectivity index (χ0v) is 15.8. The van der Waals surface area contributed by atoms with Gasteiger partial charge >= 0.3 is 6.36 Å². The molecule has 0 unspecified atom stereocenters. The molecule has 0 radical (unpaired) electrons. The molecule has 148 valence electrons. The summed E-state index contributed by atoms with van der Waals surface area (Å²) >= 11 is 12.4. The lowest BCUT2D eigenvalue weighted by Crippen LogP contribution is -2.17. The van der Waals surface area contributed by atoms with Crippen LogP contribution in [0.15, 0.2) is 55.1 Å². The highest BCUT2D eigenvalue weighted by Crippen LogP contribution is 2.37. The normalized spacial score (nSPS) is 11.8. The molecule has 1 N–H and O–H groups in total. The van der Waals surface area contributed by atoms with Crippen molar-refractivity contribution in [2.45, 2.75) is 6.36 Å². The van der Waals surface area contributed by atoms with E-state index in [1.54, 1.807) is 41.5 Å². The third-order valence-corrected chi connectivity index (χ3v) is 4.85. The lowest BCUT2D eigenvalue weighted by molar-refractivity contribution is -0.274. The molecule has 0 fully saturated rings. The van der Waals surface area contributed by atoms with E-state index in [4.69, 9.17) is 23.2 Å². The molecule has 2 aromatic carbocycles. The third-order valence-electron chi connectivity index (χ3n) is 4.05. The van der Waals surface area contributed by atoms with Crippen molar-refractivity contribution in [1.29, 1.82) is 0 Å². The maximum absolute atomic E-state index is 12.6. The molecule has 0 amide bonds. The molecule has 0 aliphatic carbocycles. The first-order valence-electron chi connectivity index (χ1n) is 8.08. The fraction of sp³-hybridized carbons (Fsp3) is 0.0526. The number of nitrogens with zero attached hydrogens (tertiary/aromatic N) is 3. The first kappa shape index (κ1) is 19.4. The van der Waals surface area contributed by atoms with E-state index in [2.05, 4.69) is 14.7 Å². The lowest BCUT2D eigenvalue weighted by Gasteiger charge is -2.14. The van der Waals surface area contributed by atoms with Crippen LogP contribution in [0, 0.1) is 0 Å². The van der Waals surface area contributed by atoms with Gasteiger partial charge in [-0.25, -0.2) is 9.97 Å². The number of fused-ring (bicyclic) bond motifs is 1. The molecule has 29 heavy (non-hydrogen) atoms. The highest BCUT2D eigenvalue weighted by atomic mass is 35.5. The zero-order valence-electron chi connectivity index (χ0n) is 14.3. The van der Waals surface area contributed by atoms with Crippen LogP contribution in [0.5, 0.6) is 11.5 Å². The Kier molecular flexibility index (Phi) is 4.76. The van der Waals surface area contributed by atoms with Gasteiger partial charge in [0.05, 0.1) is 33.3 Å². The Bertz CT molecular complexity index is 1210. The topological polar surface area (TPSA) is 60.2 Å². The van der Waals surface area contributed by atoms with Crippen molar-refractivity contribution in [3.05, 3.63) is 65.2 Å². The van der Waals surface area contributed by atoms with E-state index >= 15 is 0 Å². The van der Waals surface area contributed by atoms with Gasteiger partial charge in [-0.1, -0.05) is 23.2 Å². The molecule has 2 heterocycles. The summed E-state index contributed by atoms with van der Waals surface area (Å²) in [6.45, 7) is 0. The minimum atomic E-state index is -4.90. The second kappa shape index (κ2) is 7.13. The van der Waals surface area contributed by atoms with Gasteiger partial charge in [-0.05, 0) is 30.3 Å². The molecular weight excluding hydrogens is 430 g/mol. The van der Waals surface area contributed by atoms with Crippen LogP contribution in [0.3, 0.4) is 0 Å². The Morgan fingerprint density at radius 2 is 1.86 bits per heavy atom. The molecule has 5 nitrogen and oxygen atoms in total. The summed E-state index contributed by atoms with van der Waals surface area (Å²) in [7, 11) is 0. The molecule has 0 atom stereocenters. The first-order chi connectivity index (χ1) is 13.7. The van der Waals surface area contributed by atoms with Crippen molar-refractivity contribution < 1.29 is 23.0 Å². The van der Waals surface area contributed by atoms with E-state index in [0.717, 1.165) is 12.1 Å². The van der Waals surface area contributed by atoms with Gasteiger partial charge in [0, 0.05) is 29.4 Å². The summed E-state index contributed by atoms with van der Waals surface area (Å²) in [5.74, 6) is -0.985. The predicted molar refractivity (Wildman–Crippen MR) is 103 cm³/mol. The molecule has 0 saturated carbocycles. The van der Waals surface area contributed by atoms with E-state index < -0.39 is 17.9 Å². The first-order valence-corrected chi connectivity index (χ1v) is 8.84. The molecule has 0 spiro atoms. The molecule has 0 aliphatic heterocycles. The van der Waals surface area contributed by atoms with E-state index in [1.165, 1.54) is 6.07 Å². The molecular formula is C19H10Cl2F3N3O2. The monoisotopic (exact) mass is 439 g/mol. The van der Waals surface area contributed by atoms with Gasteiger partial charge in [0.25, 0.3) is 0 Å². The van der Waals surface area contributed by atoms with Crippen LogP contribution < -0.4 is 4.74 Å². The van der Waals surface area contributed by atoms with Crippen molar-refractivity contribution in [2.24, 2.45) is 0 Å². The number of halogens is 5. The van der Waals surface area contributed by atoms with Gasteiger partial charge < -0.3 is 14.4 Å². The van der Waals surface area contributed by atoms with Gasteiger partial charge in [-0.2, -0.15) is 0 Å². The molecule has 0 aliphatic rings. The SMILES string of the molecule is Oc1cc(OC(F)(F)F)cc(-c2cc(-n3ccnc3)c3ccc(Cl)c(Cl)c3n2)c1. The van der Waals surface area contributed by atoms with E-state index in [0.29, 0.717) is 16.6 Å². The van der Waals surface area contributed by atoms with Crippen LogP contribution in [0.25, 0.3) is 27.8 Å². The number of imidazole rings is 1. The predicted octanol–water partition coefficient (Wildman–Crippen LogP) is 6.00. The number of rotatable bonds is 3. The van der Waals surface area contributed by atoms with E-state index in [1.807, 2.05) is 0 Å². The minimum absolute atomic E-state index is 0.194. The smallest absolute Gasteiger partial charge is 0.508 e. The number of hydrogen-bond donors (Lipinski definition) is 1. The van der Waals surface area contributed by atoms with Crippen LogP contribution >= 0.6 is 23.2 Å². The van der Waals surface area contributed by atoms with Crippen molar-refractivity contribution in [1.82, 2.24) is 14.5 Å². The van der Waals surface area contributed by atoms with Crippen molar-refractivity contribution >= 4 is 34.1 Å². The van der Waals surface area contributed by atoms with E-state index in [9.17, 15) is 18.3 Å². The molecule has 4 aromatic rings. The molecule has 4 rings (SSSR count). The number of pyridine rings is 1. The van der Waals surface area contributed by atoms with Crippen LogP contribution in [-0.4, -0.2) is 26.0 Å². The zero-order chi connectivity index (χ0) is 20.8. The average molecular weight is 440 g/mol. The second-order valence-electron chi connectivity index (χ2n) is 6.02. The van der Waals surface area contributed by atoms with Crippen LogP contribution in [0.2, 0.25) is 10.0 Å². The van der Waals surface area contributed by atoms with Gasteiger partial charge in [0.1, 0.15) is 11.5 Å². The summed E-state index contributed by atoms with van der Waals surface area (Å²) in [4.78, 5) is 8.47. The summed E-state index contributed by atoms with van der Waals surface area (Å²) in [5, 5.41) is 11.0. The Morgan fingerprint density at radius 1 is 1.07 bits per heavy atom. The second-order valence-corrected chi connectivity index (χ2v) is 6.80. The summed E-state index contributed by atoms with van der Waals surface area (Å²) < 4.78 is 43.4. The molecule has 10 heteroatoms. The summed E-state index contributed by atoms with van der Waals surface area (Å²) in [6.07, 6.45) is -0.0722. The number of benzene rings is 2. The Morgan fingerprint density at radius 3 is 2.55 bits per heavy atom. The molecule has 0 saturated heterocycles. The van der Waals surface area contributed by atoms with Crippen LogP contribution in [0.1, 0.15) is 0 Å². The number of ether oxygens (including phenoxy) is 1.